The normalized spacial score (nSPS) is 17.7. The molecule has 1 aliphatic rings. The largest absolute Gasteiger partial charge is 0.365 e. The number of alkyl halides is 1. The molecule has 14 heavy (non-hydrogen) atoms. The highest BCUT2D eigenvalue weighted by molar-refractivity contribution is 6.30. The first-order chi connectivity index (χ1) is 6.68. The van der Waals surface area contributed by atoms with Gasteiger partial charge in [-0.2, -0.15) is 0 Å². The third kappa shape index (κ3) is 1.64. The van der Waals surface area contributed by atoms with Crippen LogP contribution in [0.15, 0.2) is 12.3 Å². The number of carbonyl (C=O) groups excluding carboxylic acids is 1. The number of H-pyrrole nitrogens is 1. The summed E-state index contributed by atoms with van der Waals surface area (Å²) in [4.78, 5) is 16.6. The van der Waals surface area contributed by atoms with Gasteiger partial charge < -0.3 is 9.88 Å². The fourth-order valence-corrected chi connectivity index (χ4v) is 1.93. The van der Waals surface area contributed by atoms with Crippen molar-refractivity contribution >= 4 is 17.5 Å². The molecule has 1 N–H and O–H groups in total. The van der Waals surface area contributed by atoms with E-state index in [1.165, 1.54) is 11.3 Å². The van der Waals surface area contributed by atoms with Crippen molar-refractivity contribution in [1.29, 1.82) is 0 Å². The van der Waals surface area contributed by atoms with E-state index in [1.54, 1.807) is 6.92 Å². The van der Waals surface area contributed by atoms with Crippen molar-refractivity contribution in [1.82, 2.24) is 9.88 Å². The van der Waals surface area contributed by atoms with Crippen LogP contribution >= 0.6 is 11.6 Å². The molecule has 0 saturated carbocycles. The van der Waals surface area contributed by atoms with Crippen LogP contribution < -0.4 is 0 Å². The van der Waals surface area contributed by atoms with Crippen molar-refractivity contribution in [3.63, 3.8) is 0 Å². The van der Waals surface area contributed by atoms with E-state index < -0.39 is 5.38 Å². The Balaban J connectivity index is 2.11. The quantitative estimate of drug-likeness (QED) is 0.705. The molecule has 4 heteroatoms. The highest BCUT2D eigenvalue weighted by atomic mass is 35.5. The summed E-state index contributed by atoms with van der Waals surface area (Å²) in [5.74, 6) is 0.0264. The Labute approximate surface area is 88.0 Å². The first-order valence-electron chi connectivity index (χ1n) is 4.76. The van der Waals surface area contributed by atoms with E-state index in [0.717, 1.165) is 13.0 Å². The number of halogens is 1. The van der Waals surface area contributed by atoms with Crippen LogP contribution in [0.1, 0.15) is 18.2 Å². The van der Waals surface area contributed by atoms with Crippen LogP contribution in [-0.4, -0.2) is 27.7 Å². The van der Waals surface area contributed by atoms with E-state index in [4.69, 9.17) is 11.6 Å². The maximum absolute atomic E-state index is 11.6. The number of aromatic nitrogens is 1. The first-order valence-corrected chi connectivity index (χ1v) is 5.20. The van der Waals surface area contributed by atoms with Gasteiger partial charge in [0, 0.05) is 31.4 Å². The molecule has 76 valence electrons. The van der Waals surface area contributed by atoms with Gasteiger partial charge in [-0.3, -0.25) is 4.79 Å². The summed E-state index contributed by atoms with van der Waals surface area (Å²) in [5.41, 5.74) is 2.46. The maximum atomic E-state index is 11.6. The Morgan fingerprint density at radius 2 is 2.50 bits per heavy atom. The predicted octanol–water partition coefficient (Wildman–Crippen LogP) is 1.53. The molecule has 0 saturated heterocycles. The Bertz CT molecular complexity index is 346. The lowest BCUT2D eigenvalue weighted by Gasteiger charge is -2.27. The summed E-state index contributed by atoms with van der Waals surface area (Å²) in [6.45, 7) is 3.18. The molecule has 1 unspecified atom stereocenters. The van der Waals surface area contributed by atoms with Crippen LogP contribution in [-0.2, 0) is 17.8 Å². The number of fused-ring (bicyclic) bond motifs is 1. The number of amides is 1. The minimum atomic E-state index is -0.421. The minimum absolute atomic E-state index is 0.0264. The van der Waals surface area contributed by atoms with Gasteiger partial charge in [-0.05, 0) is 18.6 Å². The van der Waals surface area contributed by atoms with E-state index in [-0.39, 0.29) is 5.91 Å². The molecule has 1 aromatic rings. The Kier molecular flexibility index (Phi) is 2.50. The Hall–Kier alpha value is -0.960. The summed E-state index contributed by atoms with van der Waals surface area (Å²) in [7, 11) is 0. The van der Waals surface area contributed by atoms with Gasteiger partial charge in [0.05, 0.1) is 0 Å². The lowest BCUT2D eigenvalue weighted by Crippen LogP contribution is -2.39. The summed E-state index contributed by atoms with van der Waals surface area (Å²) in [6.07, 6.45) is 2.82. The van der Waals surface area contributed by atoms with E-state index in [1.807, 2.05) is 17.2 Å². The molecule has 0 radical (unpaired) electrons. The average molecular weight is 213 g/mol. The lowest BCUT2D eigenvalue weighted by atomic mass is 10.1. The van der Waals surface area contributed by atoms with Gasteiger partial charge in [0.2, 0.25) is 5.91 Å². The number of aromatic amines is 1. The van der Waals surface area contributed by atoms with E-state index >= 15 is 0 Å². The molecular formula is C10H13ClN2O. The van der Waals surface area contributed by atoms with E-state index in [2.05, 4.69) is 4.98 Å². The van der Waals surface area contributed by atoms with Crippen molar-refractivity contribution < 1.29 is 4.79 Å². The number of rotatable bonds is 1. The third-order valence-corrected chi connectivity index (χ3v) is 2.76. The fraction of sp³-hybridized carbons (Fsp3) is 0.500. The van der Waals surface area contributed by atoms with Crippen LogP contribution in [0.5, 0.6) is 0 Å². The van der Waals surface area contributed by atoms with E-state index in [0.29, 0.717) is 6.54 Å². The molecule has 2 heterocycles. The molecule has 0 aliphatic carbocycles. The van der Waals surface area contributed by atoms with Crippen LogP contribution in [0, 0.1) is 0 Å². The average Bonchev–Trinajstić information content (AvgIpc) is 2.62. The molecule has 2 rings (SSSR count). The monoisotopic (exact) mass is 212 g/mol. The smallest absolute Gasteiger partial charge is 0.240 e. The molecule has 0 bridgehead atoms. The van der Waals surface area contributed by atoms with Gasteiger partial charge >= 0.3 is 0 Å². The van der Waals surface area contributed by atoms with Gasteiger partial charge in [0.1, 0.15) is 5.38 Å². The lowest BCUT2D eigenvalue weighted by molar-refractivity contribution is -0.131. The van der Waals surface area contributed by atoms with Gasteiger partial charge in [-0.25, -0.2) is 0 Å². The van der Waals surface area contributed by atoms with Gasteiger partial charge in [0.25, 0.3) is 0 Å². The standard InChI is InChI=1S/C10H13ClN2O/c1-7(11)10(14)13-5-3-9-8(6-13)2-4-12-9/h2,4,7,12H,3,5-6H2,1H3. The van der Waals surface area contributed by atoms with Gasteiger partial charge in [-0.1, -0.05) is 0 Å². The highest BCUT2D eigenvalue weighted by Crippen LogP contribution is 2.18. The summed E-state index contributed by atoms with van der Waals surface area (Å²) >= 11 is 5.76. The fourth-order valence-electron chi connectivity index (χ4n) is 1.79. The molecule has 0 fully saturated rings. The second-order valence-corrected chi connectivity index (χ2v) is 4.26. The van der Waals surface area contributed by atoms with Crippen molar-refractivity contribution in [2.75, 3.05) is 6.54 Å². The summed E-state index contributed by atoms with van der Waals surface area (Å²) in [6, 6.07) is 2.02. The van der Waals surface area contributed by atoms with Gasteiger partial charge in [0.15, 0.2) is 0 Å². The predicted molar refractivity (Wildman–Crippen MR) is 55.2 cm³/mol. The van der Waals surface area contributed by atoms with Crippen molar-refractivity contribution in [2.45, 2.75) is 25.3 Å². The number of hydrogen-bond acceptors (Lipinski definition) is 1. The Morgan fingerprint density at radius 3 is 3.21 bits per heavy atom. The number of nitrogens with one attached hydrogen (secondary N) is 1. The summed E-state index contributed by atoms with van der Waals surface area (Å²) < 4.78 is 0. The zero-order valence-electron chi connectivity index (χ0n) is 8.09. The zero-order chi connectivity index (χ0) is 10.1. The number of carbonyl (C=O) groups is 1. The second-order valence-electron chi connectivity index (χ2n) is 3.61. The zero-order valence-corrected chi connectivity index (χ0v) is 8.84. The molecule has 1 aromatic heterocycles. The SMILES string of the molecule is CC(Cl)C(=O)N1CCc2[nH]ccc2C1. The van der Waals surface area contributed by atoms with E-state index in [9.17, 15) is 4.79 Å². The molecule has 0 aromatic carbocycles. The second kappa shape index (κ2) is 3.65. The number of hydrogen-bond donors (Lipinski definition) is 1. The molecule has 3 nitrogen and oxygen atoms in total. The molecule has 1 amide bonds. The summed E-state index contributed by atoms with van der Waals surface area (Å²) in [5, 5.41) is -0.421. The van der Waals surface area contributed by atoms with Crippen molar-refractivity contribution in [3.8, 4) is 0 Å². The highest BCUT2D eigenvalue weighted by Gasteiger charge is 2.23. The molecule has 0 spiro atoms. The van der Waals surface area contributed by atoms with Crippen LogP contribution in [0.4, 0.5) is 0 Å². The molecule has 1 atom stereocenters. The van der Waals surface area contributed by atoms with Crippen LogP contribution in [0.25, 0.3) is 0 Å². The van der Waals surface area contributed by atoms with Crippen molar-refractivity contribution in [2.24, 2.45) is 0 Å². The third-order valence-electron chi connectivity index (χ3n) is 2.57. The first kappa shape index (κ1) is 9.59. The van der Waals surface area contributed by atoms with Crippen molar-refractivity contribution in [3.05, 3.63) is 23.5 Å². The Morgan fingerprint density at radius 1 is 1.71 bits per heavy atom. The minimum Gasteiger partial charge on any atom is -0.365 e. The van der Waals surface area contributed by atoms with Crippen LogP contribution in [0.2, 0.25) is 0 Å². The van der Waals surface area contributed by atoms with Crippen LogP contribution in [0.3, 0.4) is 0 Å². The molecular weight excluding hydrogens is 200 g/mol. The topological polar surface area (TPSA) is 36.1 Å². The maximum Gasteiger partial charge on any atom is 0.240 e. The number of nitrogens with zero attached hydrogens (tertiary/aromatic N) is 1. The van der Waals surface area contributed by atoms with Gasteiger partial charge in [-0.15, -0.1) is 11.6 Å². The molecule has 1 aliphatic heterocycles.